The number of para-hydroxylation sites is 1. The van der Waals surface area contributed by atoms with Crippen molar-refractivity contribution >= 4 is 40.6 Å². The van der Waals surface area contributed by atoms with E-state index in [0.717, 1.165) is 40.8 Å². The molecule has 1 aliphatic rings. The van der Waals surface area contributed by atoms with E-state index in [4.69, 9.17) is 4.74 Å². The van der Waals surface area contributed by atoms with Gasteiger partial charge in [0.05, 0.1) is 11.5 Å². The molecule has 0 atom stereocenters. The maximum atomic E-state index is 12.6. The minimum Gasteiger partial charge on any atom is -0.494 e. The number of hydrogen-bond acceptors (Lipinski definition) is 5. The highest BCUT2D eigenvalue weighted by atomic mass is 32.2. The number of anilines is 1. The summed E-state index contributed by atoms with van der Waals surface area (Å²) in [6.07, 6.45) is 3.71. The number of benzene rings is 2. The Hall–Kier alpha value is -3.06. The van der Waals surface area contributed by atoms with E-state index < -0.39 is 17.1 Å². The molecule has 0 aromatic heterocycles. The summed E-state index contributed by atoms with van der Waals surface area (Å²) >= 11 is 0.833. The van der Waals surface area contributed by atoms with E-state index >= 15 is 0 Å². The Morgan fingerprint density at radius 1 is 1.10 bits per heavy atom. The number of thioether (sulfide) groups is 1. The third-order valence-corrected chi connectivity index (χ3v) is 5.08. The molecule has 6 nitrogen and oxygen atoms in total. The minimum atomic E-state index is -0.466. The second-order valence-corrected chi connectivity index (χ2v) is 7.45. The molecule has 0 bridgehead atoms. The van der Waals surface area contributed by atoms with Crippen LogP contribution in [0.1, 0.15) is 25.3 Å². The molecule has 150 valence electrons. The Labute approximate surface area is 173 Å². The molecule has 1 heterocycles. The Morgan fingerprint density at radius 3 is 2.52 bits per heavy atom. The molecule has 2 aromatic carbocycles. The minimum absolute atomic E-state index is 0.294. The van der Waals surface area contributed by atoms with Crippen LogP contribution in [0.25, 0.3) is 6.08 Å². The van der Waals surface area contributed by atoms with Crippen LogP contribution in [-0.4, -0.2) is 35.1 Å². The van der Waals surface area contributed by atoms with Crippen LogP contribution >= 0.6 is 11.8 Å². The van der Waals surface area contributed by atoms with Gasteiger partial charge in [0, 0.05) is 5.69 Å². The number of imide groups is 1. The predicted molar refractivity (Wildman–Crippen MR) is 115 cm³/mol. The first-order chi connectivity index (χ1) is 14.1. The molecule has 0 spiro atoms. The molecule has 0 unspecified atom stereocenters. The van der Waals surface area contributed by atoms with Crippen molar-refractivity contribution in [3.63, 3.8) is 0 Å². The fourth-order valence-electron chi connectivity index (χ4n) is 2.65. The van der Waals surface area contributed by atoms with Crippen LogP contribution in [0.5, 0.6) is 5.75 Å². The van der Waals surface area contributed by atoms with Gasteiger partial charge in [-0.1, -0.05) is 43.7 Å². The summed E-state index contributed by atoms with van der Waals surface area (Å²) in [4.78, 5) is 38.2. The second kappa shape index (κ2) is 9.93. The average molecular weight is 410 g/mol. The van der Waals surface area contributed by atoms with Crippen LogP contribution in [0.3, 0.4) is 0 Å². The number of nitrogens with zero attached hydrogens (tertiary/aromatic N) is 1. The third kappa shape index (κ3) is 5.71. The second-order valence-electron chi connectivity index (χ2n) is 6.45. The number of amides is 3. The van der Waals surface area contributed by atoms with Crippen molar-refractivity contribution in [3.05, 3.63) is 65.1 Å². The van der Waals surface area contributed by atoms with E-state index in [0.29, 0.717) is 17.2 Å². The number of hydrogen-bond donors (Lipinski definition) is 1. The molecule has 2 aromatic rings. The van der Waals surface area contributed by atoms with Gasteiger partial charge in [-0.2, -0.15) is 0 Å². The first-order valence-electron chi connectivity index (χ1n) is 9.40. The molecule has 7 heteroatoms. The summed E-state index contributed by atoms with van der Waals surface area (Å²) in [6.45, 7) is 2.45. The van der Waals surface area contributed by atoms with E-state index in [9.17, 15) is 14.4 Å². The molecule has 3 amide bonds. The monoisotopic (exact) mass is 410 g/mol. The van der Waals surface area contributed by atoms with Crippen LogP contribution in [-0.2, 0) is 9.59 Å². The lowest BCUT2D eigenvalue weighted by Gasteiger charge is -2.12. The van der Waals surface area contributed by atoms with Crippen molar-refractivity contribution < 1.29 is 19.1 Å². The Kier molecular flexibility index (Phi) is 7.08. The number of carbonyl (C=O) groups is 3. The number of rotatable bonds is 8. The van der Waals surface area contributed by atoms with Crippen LogP contribution in [0.2, 0.25) is 0 Å². The number of carbonyl (C=O) groups excluding carboxylic acids is 3. The quantitative estimate of drug-likeness (QED) is 0.511. The molecule has 29 heavy (non-hydrogen) atoms. The van der Waals surface area contributed by atoms with Gasteiger partial charge in [-0.05, 0) is 54.1 Å². The zero-order valence-corrected chi connectivity index (χ0v) is 16.9. The lowest BCUT2D eigenvalue weighted by atomic mass is 10.2. The average Bonchev–Trinajstić information content (AvgIpc) is 2.97. The van der Waals surface area contributed by atoms with Crippen LogP contribution in [0.15, 0.2) is 59.5 Å². The third-order valence-electron chi connectivity index (χ3n) is 4.18. The Morgan fingerprint density at radius 2 is 1.83 bits per heavy atom. The lowest BCUT2D eigenvalue weighted by Crippen LogP contribution is -2.36. The summed E-state index contributed by atoms with van der Waals surface area (Å²) in [5, 5.41) is 2.22. The number of ether oxygens (including phenoxy) is 1. The van der Waals surface area contributed by atoms with Gasteiger partial charge in [0.1, 0.15) is 12.3 Å². The molecule has 0 radical (unpaired) electrons. The van der Waals surface area contributed by atoms with E-state index in [2.05, 4.69) is 12.2 Å². The van der Waals surface area contributed by atoms with E-state index in [1.807, 2.05) is 30.3 Å². The van der Waals surface area contributed by atoms with Gasteiger partial charge in [0.2, 0.25) is 5.91 Å². The summed E-state index contributed by atoms with van der Waals surface area (Å²) in [7, 11) is 0. The Balaban J connectivity index is 1.61. The van der Waals surface area contributed by atoms with Crippen LogP contribution in [0.4, 0.5) is 10.5 Å². The summed E-state index contributed by atoms with van der Waals surface area (Å²) in [5.74, 6) is -0.124. The van der Waals surface area contributed by atoms with Crippen molar-refractivity contribution in [2.75, 3.05) is 18.5 Å². The van der Waals surface area contributed by atoms with Gasteiger partial charge in [0.15, 0.2) is 0 Å². The van der Waals surface area contributed by atoms with Gasteiger partial charge in [-0.3, -0.25) is 19.3 Å². The maximum absolute atomic E-state index is 12.6. The summed E-state index contributed by atoms with van der Waals surface area (Å²) in [6, 6.07) is 16.2. The maximum Gasteiger partial charge on any atom is 0.294 e. The van der Waals surface area contributed by atoms with Crippen LogP contribution < -0.4 is 10.1 Å². The standard InChI is InChI=1S/C22H22N2O4S/c1-2-3-13-28-18-11-9-16(10-12-18)14-19-21(26)24(22(27)29-19)15-20(25)23-17-7-5-4-6-8-17/h4-12,14H,2-3,13,15H2,1H3,(H,23,25). The molecule has 0 aliphatic carbocycles. The number of nitrogens with one attached hydrogen (secondary N) is 1. The van der Waals surface area contributed by atoms with Crippen LogP contribution in [0, 0.1) is 0 Å². The van der Waals surface area contributed by atoms with Crippen molar-refractivity contribution in [2.24, 2.45) is 0 Å². The smallest absolute Gasteiger partial charge is 0.294 e. The van der Waals surface area contributed by atoms with Gasteiger partial charge in [0.25, 0.3) is 11.1 Å². The zero-order valence-electron chi connectivity index (χ0n) is 16.1. The highest BCUT2D eigenvalue weighted by Crippen LogP contribution is 2.32. The van der Waals surface area contributed by atoms with Gasteiger partial charge in [-0.25, -0.2) is 0 Å². The van der Waals surface area contributed by atoms with Crippen molar-refractivity contribution in [1.29, 1.82) is 0 Å². The summed E-state index contributed by atoms with van der Waals surface area (Å²) in [5.41, 5.74) is 1.40. The van der Waals surface area contributed by atoms with E-state index in [1.54, 1.807) is 30.3 Å². The molecule has 1 saturated heterocycles. The largest absolute Gasteiger partial charge is 0.494 e. The van der Waals surface area contributed by atoms with Gasteiger partial charge < -0.3 is 10.1 Å². The Bertz CT molecular complexity index is 910. The van der Waals surface area contributed by atoms with E-state index in [1.165, 1.54) is 0 Å². The predicted octanol–water partition coefficient (Wildman–Crippen LogP) is 4.54. The topological polar surface area (TPSA) is 75.7 Å². The molecular weight excluding hydrogens is 388 g/mol. The molecular formula is C22H22N2O4S. The van der Waals surface area contributed by atoms with Crippen molar-refractivity contribution in [1.82, 2.24) is 4.90 Å². The molecule has 1 aliphatic heterocycles. The molecule has 3 rings (SSSR count). The molecule has 0 saturated carbocycles. The fourth-order valence-corrected chi connectivity index (χ4v) is 3.49. The normalized spacial score (nSPS) is 15.1. The highest BCUT2D eigenvalue weighted by Gasteiger charge is 2.36. The lowest BCUT2D eigenvalue weighted by molar-refractivity contribution is -0.127. The van der Waals surface area contributed by atoms with E-state index in [-0.39, 0.29) is 6.54 Å². The van der Waals surface area contributed by atoms with Crippen molar-refractivity contribution in [3.8, 4) is 5.75 Å². The first-order valence-corrected chi connectivity index (χ1v) is 10.2. The SMILES string of the molecule is CCCCOc1ccc(C=C2SC(=O)N(CC(=O)Nc3ccccc3)C2=O)cc1. The first kappa shape index (κ1) is 20.7. The summed E-state index contributed by atoms with van der Waals surface area (Å²) < 4.78 is 5.62. The molecule has 1 N–H and O–H groups in total. The highest BCUT2D eigenvalue weighted by molar-refractivity contribution is 8.18. The number of unbranched alkanes of at least 4 members (excludes halogenated alkanes) is 1. The zero-order chi connectivity index (χ0) is 20.6. The fraction of sp³-hybridized carbons (Fsp3) is 0.227. The van der Waals surface area contributed by atoms with Gasteiger partial charge >= 0.3 is 0 Å². The molecule has 1 fully saturated rings. The van der Waals surface area contributed by atoms with Crippen molar-refractivity contribution in [2.45, 2.75) is 19.8 Å². The van der Waals surface area contributed by atoms with Gasteiger partial charge in [-0.15, -0.1) is 0 Å².